The van der Waals surface area contributed by atoms with E-state index in [9.17, 15) is 4.79 Å². The predicted molar refractivity (Wildman–Crippen MR) is 84.0 cm³/mol. The average molecular weight is 329 g/mol. The maximum atomic E-state index is 11.5. The number of nitrogens with zero attached hydrogens (tertiary/aromatic N) is 2. The first-order valence-corrected chi connectivity index (χ1v) is 8.55. The zero-order valence-corrected chi connectivity index (χ0v) is 13.8. The molecule has 0 amide bonds. The minimum absolute atomic E-state index is 0.211. The van der Waals surface area contributed by atoms with E-state index in [0.717, 1.165) is 22.2 Å². The largest absolute Gasteiger partial charge is 0.465 e. The van der Waals surface area contributed by atoms with Gasteiger partial charge in [0.1, 0.15) is 5.03 Å². The lowest BCUT2D eigenvalue weighted by atomic mass is 10.4. The van der Waals surface area contributed by atoms with E-state index in [4.69, 9.17) is 9.47 Å². The fraction of sp³-hybridized carbons (Fsp3) is 0.538. The van der Waals surface area contributed by atoms with Gasteiger partial charge in [-0.3, -0.25) is 9.20 Å². The van der Waals surface area contributed by atoms with Crippen LogP contribution >= 0.6 is 23.1 Å². The number of fused-ring (bicyclic) bond motifs is 1. The first-order valence-electron chi connectivity index (χ1n) is 6.68. The standard InChI is InChI=1S/C13H19N3O3S2/c1-3-19-11(17)9-21-12-10(8-14-4-6-18-2)16-5-7-20-13(16)15-12/h5,7,14H,3-4,6,8-9H2,1-2H3. The van der Waals surface area contributed by atoms with E-state index in [0.29, 0.717) is 19.8 Å². The molecule has 0 aliphatic carbocycles. The number of methoxy groups -OCH3 is 1. The summed E-state index contributed by atoms with van der Waals surface area (Å²) in [6.07, 6.45) is 1.99. The molecule has 21 heavy (non-hydrogen) atoms. The Hall–Kier alpha value is -1.09. The van der Waals surface area contributed by atoms with Crippen molar-refractivity contribution in [2.75, 3.05) is 32.6 Å². The molecule has 0 atom stereocenters. The van der Waals surface area contributed by atoms with Crippen molar-refractivity contribution in [1.82, 2.24) is 14.7 Å². The van der Waals surface area contributed by atoms with Gasteiger partial charge in [-0.1, -0.05) is 11.8 Å². The van der Waals surface area contributed by atoms with E-state index >= 15 is 0 Å². The second-order valence-corrected chi connectivity index (χ2v) is 6.02. The number of carbonyl (C=O) groups is 1. The number of hydrogen-bond donors (Lipinski definition) is 1. The van der Waals surface area contributed by atoms with Crippen molar-refractivity contribution in [3.05, 3.63) is 17.3 Å². The molecule has 0 saturated carbocycles. The summed E-state index contributed by atoms with van der Waals surface area (Å²) in [4.78, 5) is 17.0. The normalized spacial score (nSPS) is 11.1. The van der Waals surface area contributed by atoms with E-state index in [2.05, 4.69) is 14.7 Å². The molecule has 116 valence electrons. The SMILES string of the molecule is CCOC(=O)CSc1nc2sccn2c1CNCCOC. The summed E-state index contributed by atoms with van der Waals surface area (Å²) in [6.45, 7) is 4.34. The Kier molecular flexibility index (Phi) is 6.50. The second-order valence-electron chi connectivity index (χ2n) is 4.18. The summed E-state index contributed by atoms with van der Waals surface area (Å²) in [5, 5.41) is 6.19. The highest BCUT2D eigenvalue weighted by Gasteiger charge is 2.15. The van der Waals surface area contributed by atoms with Gasteiger partial charge in [-0.25, -0.2) is 4.98 Å². The fourth-order valence-electron chi connectivity index (χ4n) is 1.80. The molecule has 0 bridgehead atoms. The highest BCUT2D eigenvalue weighted by Crippen LogP contribution is 2.26. The maximum absolute atomic E-state index is 11.5. The van der Waals surface area contributed by atoms with E-state index < -0.39 is 0 Å². The van der Waals surface area contributed by atoms with Crippen molar-refractivity contribution in [1.29, 1.82) is 0 Å². The lowest BCUT2D eigenvalue weighted by Crippen LogP contribution is -2.19. The Bertz CT molecular complexity index is 582. The number of imidazole rings is 1. The minimum Gasteiger partial charge on any atom is -0.465 e. The number of ether oxygens (including phenoxy) is 2. The van der Waals surface area contributed by atoms with Gasteiger partial charge in [0.15, 0.2) is 4.96 Å². The number of thiazole rings is 1. The van der Waals surface area contributed by atoms with Gasteiger partial charge in [-0.05, 0) is 6.92 Å². The number of thioether (sulfide) groups is 1. The van der Waals surface area contributed by atoms with Crippen LogP contribution < -0.4 is 5.32 Å². The molecule has 2 aromatic heterocycles. The Morgan fingerprint density at radius 3 is 3.19 bits per heavy atom. The van der Waals surface area contributed by atoms with Crippen molar-refractivity contribution in [3.8, 4) is 0 Å². The molecule has 0 fully saturated rings. The van der Waals surface area contributed by atoms with Gasteiger partial charge in [0.25, 0.3) is 0 Å². The van der Waals surface area contributed by atoms with Crippen LogP contribution in [0.25, 0.3) is 4.96 Å². The third kappa shape index (κ3) is 4.44. The highest BCUT2D eigenvalue weighted by atomic mass is 32.2. The summed E-state index contributed by atoms with van der Waals surface area (Å²) in [6, 6.07) is 0. The van der Waals surface area contributed by atoms with Crippen LogP contribution in [0.5, 0.6) is 0 Å². The molecule has 0 unspecified atom stereocenters. The average Bonchev–Trinajstić information content (AvgIpc) is 3.03. The fourth-order valence-corrected chi connectivity index (χ4v) is 3.42. The van der Waals surface area contributed by atoms with Gasteiger partial charge in [-0.2, -0.15) is 0 Å². The van der Waals surface area contributed by atoms with Crippen LogP contribution in [0, 0.1) is 0 Å². The van der Waals surface area contributed by atoms with Gasteiger partial charge >= 0.3 is 5.97 Å². The zero-order chi connectivity index (χ0) is 15.1. The molecule has 0 saturated heterocycles. The third-order valence-electron chi connectivity index (χ3n) is 2.73. The highest BCUT2D eigenvalue weighted by molar-refractivity contribution is 7.99. The van der Waals surface area contributed by atoms with Crippen molar-refractivity contribution < 1.29 is 14.3 Å². The van der Waals surface area contributed by atoms with Crippen LogP contribution in [0.2, 0.25) is 0 Å². The minimum atomic E-state index is -0.211. The molecule has 1 N–H and O–H groups in total. The molecule has 2 rings (SSSR count). The molecule has 0 spiro atoms. The van der Waals surface area contributed by atoms with Gasteiger partial charge in [0.2, 0.25) is 0 Å². The first kappa shape index (κ1) is 16.3. The summed E-state index contributed by atoms with van der Waals surface area (Å²) in [7, 11) is 1.68. The topological polar surface area (TPSA) is 64.9 Å². The van der Waals surface area contributed by atoms with Crippen LogP contribution in [-0.4, -0.2) is 48.0 Å². The molecule has 2 aromatic rings. The van der Waals surface area contributed by atoms with E-state index in [1.807, 2.05) is 11.6 Å². The number of carbonyl (C=O) groups excluding carboxylic acids is 1. The van der Waals surface area contributed by atoms with Crippen LogP contribution in [0.4, 0.5) is 0 Å². The van der Waals surface area contributed by atoms with Crippen molar-refractivity contribution in [2.45, 2.75) is 18.5 Å². The summed E-state index contributed by atoms with van der Waals surface area (Å²) >= 11 is 3.00. The van der Waals surface area contributed by atoms with Crippen LogP contribution in [0.1, 0.15) is 12.6 Å². The van der Waals surface area contributed by atoms with Gasteiger partial charge < -0.3 is 14.8 Å². The summed E-state index contributed by atoms with van der Waals surface area (Å²) in [5.41, 5.74) is 1.07. The molecule has 0 aliphatic rings. The van der Waals surface area contributed by atoms with E-state index in [-0.39, 0.29) is 11.7 Å². The number of hydrogen-bond acceptors (Lipinski definition) is 7. The lowest BCUT2D eigenvalue weighted by molar-refractivity contribution is -0.139. The van der Waals surface area contributed by atoms with Crippen LogP contribution in [0.15, 0.2) is 16.6 Å². The molecule has 0 aliphatic heterocycles. The first-order chi connectivity index (χ1) is 10.3. The molecule has 2 heterocycles. The number of rotatable bonds is 9. The Morgan fingerprint density at radius 1 is 1.57 bits per heavy atom. The van der Waals surface area contributed by atoms with Crippen molar-refractivity contribution >= 4 is 34.0 Å². The van der Waals surface area contributed by atoms with Gasteiger partial charge in [0.05, 0.1) is 24.7 Å². The van der Waals surface area contributed by atoms with Gasteiger partial charge in [0, 0.05) is 31.8 Å². The quantitative estimate of drug-likeness (QED) is 0.430. The Morgan fingerprint density at radius 2 is 2.43 bits per heavy atom. The number of nitrogens with one attached hydrogen (secondary N) is 1. The van der Waals surface area contributed by atoms with Crippen molar-refractivity contribution in [2.24, 2.45) is 0 Å². The second kappa shape index (κ2) is 8.38. The molecular formula is C13H19N3O3S2. The molecule has 0 aromatic carbocycles. The lowest BCUT2D eigenvalue weighted by Gasteiger charge is -2.06. The van der Waals surface area contributed by atoms with E-state index in [1.54, 1.807) is 25.4 Å². The number of aromatic nitrogens is 2. The Labute approximate surface area is 131 Å². The number of esters is 1. The Balaban J connectivity index is 2.03. The predicted octanol–water partition coefficient (Wildman–Crippen LogP) is 1.79. The molecule has 8 heteroatoms. The molecule has 6 nitrogen and oxygen atoms in total. The monoisotopic (exact) mass is 329 g/mol. The van der Waals surface area contributed by atoms with Gasteiger partial charge in [-0.15, -0.1) is 11.3 Å². The van der Waals surface area contributed by atoms with Crippen LogP contribution in [-0.2, 0) is 20.8 Å². The summed E-state index contributed by atoms with van der Waals surface area (Å²) < 4.78 is 12.0. The smallest absolute Gasteiger partial charge is 0.316 e. The molecule has 0 radical (unpaired) electrons. The van der Waals surface area contributed by atoms with E-state index in [1.165, 1.54) is 11.8 Å². The maximum Gasteiger partial charge on any atom is 0.316 e. The van der Waals surface area contributed by atoms with Crippen molar-refractivity contribution in [3.63, 3.8) is 0 Å². The molecular weight excluding hydrogens is 310 g/mol. The zero-order valence-electron chi connectivity index (χ0n) is 12.1. The third-order valence-corrected chi connectivity index (χ3v) is 4.47. The van der Waals surface area contributed by atoms with Crippen LogP contribution in [0.3, 0.4) is 0 Å². The summed E-state index contributed by atoms with van der Waals surface area (Å²) in [5.74, 6) is 0.0705.